The molecule has 1 aromatic heterocycles. The molecule has 0 atom stereocenters. The Balaban J connectivity index is 2.03. The van der Waals surface area contributed by atoms with Crippen LogP contribution in [-0.4, -0.2) is 21.4 Å². The number of hydrogen-bond acceptors (Lipinski definition) is 3. The Hall–Kier alpha value is -2.90. The first-order valence-corrected chi connectivity index (χ1v) is 8.44. The first-order chi connectivity index (χ1) is 13.0. The first-order valence-electron chi connectivity index (χ1n) is 8.44. The Bertz CT molecular complexity index is 1120. The zero-order valence-electron chi connectivity index (χ0n) is 14.9. The van der Waals surface area contributed by atoms with Gasteiger partial charge < -0.3 is 0 Å². The number of nitrogens with zero attached hydrogens (tertiary/aromatic N) is 3. The lowest BCUT2D eigenvalue weighted by Gasteiger charge is -2.38. The second-order valence-electron chi connectivity index (χ2n) is 7.11. The van der Waals surface area contributed by atoms with E-state index in [4.69, 9.17) is 0 Å². The summed E-state index contributed by atoms with van der Waals surface area (Å²) in [5, 5.41) is 8.75. The molecule has 8 heteroatoms. The van der Waals surface area contributed by atoms with Gasteiger partial charge in [-0.25, -0.2) is 0 Å². The maximum atomic E-state index is 15.1. The SMILES string of the molecule is CC1(C)N=C(c2cc3ccccc3nn2)c2cccc(C(F)(F)F)c2C1(F)F. The van der Waals surface area contributed by atoms with Crippen LogP contribution in [0.15, 0.2) is 53.5 Å². The Morgan fingerprint density at radius 1 is 0.893 bits per heavy atom. The summed E-state index contributed by atoms with van der Waals surface area (Å²) in [4.78, 5) is 4.11. The molecular formula is C20H14F5N3. The Labute approximate surface area is 156 Å². The lowest BCUT2D eigenvalue weighted by atomic mass is 9.79. The molecule has 2 aromatic carbocycles. The van der Waals surface area contributed by atoms with Crippen molar-refractivity contribution in [3.8, 4) is 0 Å². The second kappa shape index (κ2) is 5.80. The number of rotatable bonds is 1. The fraction of sp³-hybridized carbons (Fsp3) is 0.250. The lowest BCUT2D eigenvalue weighted by Crippen LogP contribution is -2.45. The molecule has 0 unspecified atom stereocenters. The zero-order valence-corrected chi connectivity index (χ0v) is 14.9. The highest BCUT2D eigenvalue weighted by Crippen LogP contribution is 2.50. The van der Waals surface area contributed by atoms with E-state index in [-0.39, 0.29) is 17.0 Å². The van der Waals surface area contributed by atoms with Gasteiger partial charge in [0.05, 0.1) is 16.8 Å². The molecule has 0 fully saturated rings. The number of halogens is 5. The highest BCUT2D eigenvalue weighted by atomic mass is 19.4. The van der Waals surface area contributed by atoms with E-state index < -0.39 is 28.8 Å². The van der Waals surface area contributed by atoms with Crippen molar-refractivity contribution in [1.82, 2.24) is 10.2 Å². The van der Waals surface area contributed by atoms with Crippen molar-refractivity contribution in [1.29, 1.82) is 0 Å². The molecule has 3 aromatic rings. The average Bonchev–Trinajstić information content (AvgIpc) is 2.63. The van der Waals surface area contributed by atoms with Crippen LogP contribution in [0.25, 0.3) is 10.9 Å². The molecule has 28 heavy (non-hydrogen) atoms. The summed E-state index contributed by atoms with van der Waals surface area (Å²) in [6.45, 7) is 2.22. The molecule has 0 radical (unpaired) electrons. The molecule has 0 saturated heterocycles. The quantitative estimate of drug-likeness (QED) is 0.523. The third kappa shape index (κ3) is 2.66. The van der Waals surface area contributed by atoms with Crippen molar-refractivity contribution >= 4 is 16.6 Å². The minimum atomic E-state index is -4.93. The monoisotopic (exact) mass is 391 g/mol. The molecule has 1 aliphatic rings. The van der Waals surface area contributed by atoms with Crippen LogP contribution in [0.2, 0.25) is 0 Å². The van der Waals surface area contributed by atoms with E-state index in [9.17, 15) is 13.2 Å². The van der Waals surface area contributed by atoms with Gasteiger partial charge >= 0.3 is 6.18 Å². The minimum absolute atomic E-state index is 0.0321. The first kappa shape index (κ1) is 18.5. The fourth-order valence-corrected chi connectivity index (χ4v) is 3.34. The summed E-state index contributed by atoms with van der Waals surface area (Å²) >= 11 is 0. The zero-order chi connectivity index (χ0) is 20.3. The van der Waals surface area contributed by atoms with Gasteiger partial charge in [0, 0.05) is 16.5 Å². The lowest BCUT2D eigenvalue weighted by molar-refractivity contribution is -0.145. The predicted octanol–water partition coefficient (Wildman–Crippen LogP) is 5.37. The van der Waals surface area contributed by atoms with Crippen LogP contribution in [0.3, 0.4) is 0 Å². The van der Waals surface area contributed by atoms with Gasteiger partial charge in [0.25, 0.3) is 5.92 Å². The van der Waals surface area contributed by atoms with E-state index in [0.717, 1.165) is 19.9 Å². The van der Waals surface area contributed by atoms with E-state index in [0.29, 0.717) is 17.0 Å². The predicted molar refractivity (Wildman–Crippen MR) is 94.6 cm³/mol. The van der Waals surface area contributed by atoms with Crippen molar-refractivity contribution in [3.05, 3.63) is 70.9 Å². The normalized spacial score (nSPS) is 17.9. The third-order valence-electron chi connectivity index (χ3n) is 4.84. The summed E-state index contributed by atoms with van der Waals surface area (Å²) in [7, 11) is 0. The van der Waals surface area contributed by atoms with Gasteiger partial charge in [-0.05, 0) is 32.0 Å². The van der Waals surface area contributed by atoms with Gasteiger partial charge in [0.2, 0.25) is 0 Å². The molecular weight excluding hydrogens is 377 g/mol. The summed E-state index contributed by atoms with van der Waals surface area (Å²) in [6, 6.07) is 11.6. The number of alkyl halides is 5. The molecule has 0 spiro atoms. The van der Waals surface area contributed by atoms with E-state index in [2.05, 4.69) is 15.2 Å². The summed E-state index contributed by atoms with van der Waals surface area (Å²) in [6.07, 6.45) is -4.93. The maximum Gasteiger partial charge on any atom is 0.416 e. The minimum Gasteiger partial charge on any atom is -0.270 e. The largest absolute Gasteiger partial charge is 0.416 e. The van der Waals surface area contributed by atoms with Crippen molar-refractivity contribution in [2.75, 3.05) is 0 Å². The van der Waals surface area contributed by atoms with Crippen LogP contribution in [0.5, 0.6) is 0 Å². The van der Waals surface area contributed by atoms with Crippen LogP contribution in [-0.2, 0) is 12.1 Å². The number of hydrogen-bond donors (Lipinski definition) is 0. The molecule has 0 amide bonds. The van der Waals surface area contributed by atoms with E-state index in [1.54, 1.807) is 30.3 Å². The summed E-state index contributed by atoms with van der Waals surface area (Å²) in [5.74, 6) is -3.82. The number of aromatic nitrogens is 2. The Kier molecular flexibility index (Phi) is 3.82. The van der Waals surface area contributed by atoms with Gasteiger partial charge in [-0.3, -0.25) is 4.99 Å². The Morgan fingerprint density at radius 3 is 2.32 bits per heavy atom. The molecule has 0 aliphatic carbocycles. The fourth-order valence-electron chi connectivity index (χ4n) is 3.34. The number of aliphatic imine (C=N–C) groups is 1. The highest BCUT2D eigenvalue weighted by molar-refractivity contribution is 6.14. The van der Waals surface area contributed by atoms with Crippen LogP contribution in [0.4, 0.5) is 22.0 Å². The molecule has 0 saturated carbocycles. The molecule has 2 heterocycles. The van der Waals surface area contributed by atoms with Gasteiger partial charge in [0.15, 0.2) is 0 Å². The summed E-state index contributed by atoms with van der Waals surface area (Å²) < 4.78 is 70.7. The van der Waals surface area contributed by atoms with Crippen molar-refractivity contribution in [3.63, 3.8) is 0 Å². The third-order valence-corrected chi connectivity index (χ3v) is 4.84. The van der Waals surface area contributed by atoms with Crippen molar-refractivity contribution in [2.45, 2.75) is 31.5 Å². The van der Waals surface area contributed by atoms with Crippen LogP contribution >= 0.6 is 0 Å². The van der Waals surface area contributed by atoms with E-state index in [1.807, 2.05) is 0 Å². The van der Waals surface area contributed by atoms with Crippen LogP contribution < -0.4 is 0 Å². The van der Waals surface area contributed by atoms with Crippen molar-refractivity contribution < 1.29 is 22.0 Å². The van der Waals surface area contributed by atoms with E-state index in [1.165, 1.54) is 6.07 Å². The standard InChI is InChI=1S/C20H14F5N3/c1-18(2)19(21,22)16-12(7-5-8-13(16)20(23,24)25)17(26-18)15-10-11-6-3-4-9-14(11)27-28-15/h3-10H,1-2H3. The van der Waals surface area contributed by atoms with Crippen LogP contribution in [0.1, 0.15) is 36.2 Å². The van der Waals surface area contributed by atoms with Gasteiger partial charge in [-0.1, -0.05) is 30.3 Å². The topological polar surface area (TPSA) is 38.1 Å². The van der Waals surface area contributed by atoms with Gasteiger partial charge in [0.1, 0.15) is 11.2 Å². The molecule has 144 valence electrons. The highest BCUT2D eigenvalue weighted by Gasteiger charge is 2.56. The smallest absolute Gasteiger partial charge is 0.270 e. The van der Waals surface area contributed by atoms with Gasteiger partial charge in [-0.2, -0.15) is 22.0 Å². The Morgan fingerprint density at radius 2 is 1.61 bits per heavy atom. The molecule has 1 aliphatic heterocycles. The number of fused-ring (bicyclic) bond motifs is 2. The maximum absolute atomic E-state index is 15.1. The molecule has 0 N–H and O–H groups in total. The molecule has 4 rings (SSSR count). The average molecular weight is 391 g/mol. The number of benzene rings is 2. The summed E-state index contributed by atoms with van der Waals surface area (Å²) in [5.41, 5.74) is -4.14. The molecule has 3 nitrogen and oxygen atoms in total. The van der Waals surface area contributed by atoms with Crippen LogP contribution in [0, 0.1) is 0 Å². The van der Waals surface area contributed by atoms with Crippen molar-refractivity contribution in [2.24, 2.45) is 4.99 Å². The molecule has 0 bridgehead atoms. The van der Waals surface area contributed by atoms with E-state index >= 15 is 8.78 Å². The second-order valence-corrected chi connectivity index (χ2v) is 7.11. The van der Waals surface area contributed by atoms with Gasteiger partial charge in [-0.15, -0.1) is 10.2 Å².